The second-order valence-corrected chi connectivity index (χ2v) is 4.54. The quantitative estimate of drug-likeness (QED) is 0.694. The van der Waals surface area contributed by atoms with Gasteiger partial charge in [-0.3, -0.25) is 9.59 Å². The Kier molecular flexibility index (Phi) is 4.77. The minimum absolute atomic E-state index is 0.0927. The maximum atomic E-state index is 11.4. The molecular formula is C10H19NO3. The van der Waals surface area contributed by atoms with Crippen LogP contribution in [0, 0.1) is 11.3 Å². The second-order valence-electron chi connectivity index (χ2n) is 4.54. The monoisotopic (exact) mass is 201 g/mol. The summed E-state index contributed by atoms with van der Waals surface area (Å²) >= 11 is 0. The zero-order valence-corrected chi connectivity index (χ0v) is 9.26. The molecule has 0 aliphatic carbocycles. The number of carboxylic acid groups (broad SMARTS) is 1. The van der Waals surface area contributed by atoms with Gasteiger partial charge in [0.1, 0.15) is 0 Å². The lowest BCUT2D eigenvalue weighted by molar-refractivity contribution is -0.141. The maximum Gasteiger partial charge on any atom is 0.307 e. The van der Waals surface area contributed by atoms with Gasteiger partial charge >= 0.3 is 5.97 Å². The predicted octanol–water partition coefficient (Wildman–Crippen LogP) is 0.912. The fourth-order valence-electron chi connectivity index (χ4n) is 0.755. The van der Waals surface area contributed by atoms with E-state index in [9.17, 15) is 9.59 Å². The van der Waals surface area contributed by atoms with Gasteiger partial charge in [0.25, 0.3) is 0 Å². The Bertz CT molecular complexity index is 218. The lowest BCUT2D eigenvalue weighted by Crippen LogP contribution is -2.35. The largest absolute Gasteiger partial charge is 0.481 e. The van der Waals surface area contributed by atoms with Crippen LogP contribution in [0.2, 0.25) is 0 Å². The van der Waals surface area contributed by atoms with E-state index in [1.165, 1.54) is 0 Å². The van der Waals surface area contributed by atoms with E-state index in [1.54, 1.807) is 6.92 Å². The van der Waals surface area contributed by atoms with Crippen LogP contribution in [0.25, 0.3) is 0 Å². The van der Waals surface area contributed by atoms with Crippen molar-refractivity contribution in [2.45, 2.75) is 27.7 Å². The van der Waals surface area contributed by atoms with Crippen LogP contribution in [0.5, 0.6) is 0 Å². The molecule has 0 fully saturated rings. The fourth-order valence-corrected chi connectivity index (χ4v) is 0.755. The third-order valence-corrected chi connectivity index (χ3v) is 1.99. The molecule has 0 rings (SSSR count). The number of hydrogen-bond acceptors (Lipinski definition) is 3. The van der Waals surface area contributed by atoms with Crippen molar-refractivity contribution in [1.29, 1.82) is 0 Å². The molecule has 1 atom stereocenters. The Morgan fingerprint density at radius 3 is 2.21 bits per heavy atom. The predicted molar refractivity (Wildman–Crippen MR) is 54.1 cm³/mol. The standard InChI is InChI=1S/C10H19NO3/c1-7(9(13)14)5-11-6-8(12)10(2,3)4/h7,11H,5-6H2,1-4H3,(H,13,14). The van der Waals surface area contributed by atoms with Crippen molar-refractivity contribution in [1.82, 2.24) is 5.32 Å². The Balaban J connectivity index is 3.76. The number of rotatable bonds is 5. The molecule has 0 aromatic rings. The maximum absolute atomic E-state index is 11.4. The molecule has 0 spiro atoms. The minimum atomic E-state index is -0.847. The summed E-state index contributed by atoms with van der Waals surface area (Å²) < 4.78 is 0. The van der Waals surface area contributed by atoms with Gasteiger partial charge in [-0.05, 0) is 0 Å². The molecule has 0 aliphatic rings. The molecule has 0 aromatic carbocycles. The minimum Gasteiger partial charge on any atom is -0.481 e. The molecule has 0 aromatic heterocycles. The number of carbonyl (C=O) groups is 2. The normalized spacial score (nSPS) is 13.7. The number of carboxylic acids is 1. The third-order valence-electron chi connectivity index (χ3n) is 1.99. The van der Waals surface area contributed by atoms with Crippen molar-refractivity contribution in [3.63, 3.8) is 0 Å². The van der Waals surface area contributed by atoms with Crippen molar-refractivity contribution in [3.8, 4) is 0 Å². The van der Waals surface area contributed by atoms with Crippen LogP contribution in [-0.2, 0) is 9.59 Å². The summed E-state index contributed by atoms with van der Waals surface area (Å²) in [5.74, 6) is -1.21. The molecule has 1 unspecified atom stereocenters. The first-order valence-electron chi connectivity index (χ1n) is 4.72. The molecule has 0 radical (unpaired) electrons. The molecule has 0 saturated heterocycles. The molecule has 0 heterocycles. The average Bonchev–Trinajstić information content (AvgIpc) is 2.01. The first kappa shape index (κ1) is 13.1. The summed E-state index contributed by atoms with van der Waals surface area (Å²) in [6, 6.07) is 0. The van der Waals surface area contributed by atoms with Crippen LogP contribution in [0.3, 0.4) is 0 Å². The van der Waals surface area contributed by atoms with Crippen molar-refractivity contribution in [2.24, 2.45) is 11.3 Å². The number of ketones is 1. The van der Waals surface area contributed by atoms with E-state index in [-0.39, 0.29) is 17.7 Å². The van der Waals surface area contributed by atoms with Crippen molar-refractivity contribution in [3.05, 3.63) is 0 Å². The van der Waals surface area contributed by atoms with Crippen molar-refractivity contribution >= 4 is 11.8 Å². The van der Waals surface area contributed by atoms with Crippen LogP contribution < -0.4 is 5.32 Å². The average molecular weight is 201 g/mol. The van der Waals surface area contributed by atoms with Crippen LogP contribution in [-0.4, -0.2) is 29.9 Å². The van der Waals surface area contributed by atoms with Crippen molar-refractivity contribution in [2.75, 3.05) is 13.1 Å². The van der Waals surface area contributed by atoms with Crippen LogP contribution in [0.15, 0.2) is 0 Å². The van der Waals surface area contributed by atoms with Gasteiger partial charge in [0.05, 0.1) is 12.5 Å². The van der Waals surface area contributed by atoms with Gasteiger partial charge in [-0.1, -0.05) is 27.7 Å². The molecule has 4 nitrogen and oxygen atoms in total. The van der Waals surface area contributed by atoms with Crippen LogP contribution in [0.1, 0.15) is 27.7 Å². The molecule has 14 heavy (non-hydrogen) atoms. The first-order valence-corrected chi connectivity index (χ1v) is 4.72. The SMILES string of the molecule is CC(CNCC(=O)C(C)(C)C)C(=O)O. The zero-order valence-electron chi connectivity index (χ0n) is 9.26. The highest BCUT2D eigenvalue weighted by molar-refractivity contribution is 5.85. The number of nitrogens with one attached hydrogen (secondary N) is 1. The molecule has 4 heteroatoms. The molecule has 0 aliphatic heterocycles. The Labute approximate surface area is 84.7 Å². The van der Waals surface area contributed by atoms with Gasteiger partial charge in [-0.15, -0.1) is 0 Å². The summed E-state index contributed by atoms with van der Waals surface area (Å²) in [5, 5.41) is 11.4. The first-order chi connectivity index (χ1) is 6.25. The second kappa shape index (κ2) is 5.10. The summed E-state index contributed by atoms with van der Waals surface area (Å²) in [4.78, 5) is 21.9. The van der Waals surface area contributed by atoms with Gasteiger partial charge in [-0.2, -0.15) is 0 Å². The highest BCUT2D eigenvalue weighted by Crippen LogP contribution is 2.13. The van der Waals surface area contributed by atoms with E-state index in [1.807, 2.05) is 20.8 Å². The van der Waals surface area contributed by atoms with E-state index < -0.39 is 11.9 Å². The molecule has 0 saturated carbocycles. The number of aliphatic carboxylic acids is 1. The zero-order chi connectivity index (χ0) is 11.4. The summed E-state index contributed by atoms with van der Waals surface area (Å²) in [7, 11) is 0. The Morgan fingerprint density at radius 2 is 1.86 bits per heavy atom. The van der Waals surface area contributed by atoms with Crippen LogP contribution >= 0.6 is 0 Å². The molecule has 0 bridgehead atoms. The topological polar surface area (TPSA) is 66.4 Å². The lowest BCUT2D eigenvalue weighted by Gasteiger charge is -2.17. The molecule has 82 valence electrons. The van der Waals surface area contributed by atoms with E-state index in [0.717, 1.165) is 0 Å². The highest BCUT2D eigenvalue weighted by Gasteiger charge is 2.20. The number of hydrogen-bond donors (Lipinski definition) is 2. The third kappa shape index (κ3) is 4.97. The Hall–Kier alpha value is -0.900. The molecule has 2 N–H and O–H groups in total. The molecule has 0 amide bonds. The van der Waals surface area contributed by atoms with E-state index >= 15 is 0 Å². The van der Waals surface area contributed by atoms with Gasteiger partial charge in [0.2, 0.25) is 0 Å². The van der Waals surface area contributed by atoms with E-state index in [4.69, 9.17) is 5.11 Å². The highest BCUT2D eigenvalue weighted by atomic mass is 16.4. The van der Waals surface area contributed by atoms with E-state index in [2.05, 4.69) is 5.32 Å². The van der Waals surface area contributed by atoms with Crippen molar-refractivity contribution < 1.29 is 14.7 Å². The smallest absolute Gasteiger partial charge is 0.307 e. The summed E-state index contributed by atoms with van der Waals surface area (Å²) in [6.45, 7) is 7.71. The fraction of sp³-hybridized carbons (Fsp3) is 0.800. The molecular weight excluding hydrogens is 182 g/mol. The van der Waals surface area contributed by atoms with Gasteiger partial charge in [0.15, 0.2) is 5.78 Å². The number of carbonyl (C=O) groups excluding carboxylic acids is 1. The van der Waals surface area contributed by atoms with Gasteiger partial charge < -0.3 is 10.4 Å². The summed E-state index contributed by atoms with van der Waals surface area (Å²) in [6.07, 6.45) is 0. The van der Waals surface area contributed by atoms with E-state index in [0.29, 0.717) is 6.54 Å². The number of Topliss-reactive ketones (excluding diaryl/α,β-unsaturated/α-hetero) is 1. The van der Waals surface area contributed by atoms with Crippen LogP contribution in [0.4, 0.5) is 0 Å². The lowest BCUT2D eigenvalue weighted by atomic mass is 9.91. The van der Waals surface area contributed by atoms with Gasteiger partial charge in [0, 0.05) is 12.0 Å². The summed E-state index contributed by atoms with van der Waals surface area (Å²) in [5.41, 5.74) is -0.362. The Morgan fingerprint density at radius 1 is 1.36 bits per heavy atom. The van der Waals surface area contributed by atoms with Gasteiger partial charge in [-0.25, -0.2) is 0 Å².